The number of carbonyl (C=O) groups excluding carboxylic acids is 1. The summed E-state index contributed by atoms with van der Waals surface area (Å²) in [4.78, 5) is 19.0. The van der Waals surface area contributed by atoms with E-state index < -0.39 is 5.54 Å². The Hall–Kier alpha value is -0.690. The van der Waals surface area contributed by atoms with Gasteiger partial charge in [0.2, 0.25) is 0 Å². The number of nitrogens with two attached hydrogens (primary N) is 1. The van der Waals surface area contributed by atoms with Crippen LogP contribution in [0.25, 0.3) is 0 Å². The lowest BCUT2D eigenvalue weighted by molar-refractivity contribution is -0.147. The van der Waals surface area contributed by atoms with Gasteiger partial charge in [0.25, 0.3) is 0 Å². The Bertz CT molecular complexity index is 356. The van der Waals surface area contributed by atoms with E-state index in [1.165, 1.54) is 7.11 Å². The minimum Gasteiger partial charge on any atom is -0.468 e. The number of nitrogens with zero attached hydrogens (tertiary/aromatic N) is 3. The normalized spacial score (nSPS) is 31.8. The van der Waals surface area contributed by atoms with Crippen molar-refractivity contribution in [3.63, 3.8) is 0 Å². The fourth-order valence-corrected chi connectivity index (χ4v) is 3.44. The summed E-state index contributed by atoms with van der Waals surface area (Å²) in [5, 5.41) is 0. The maximum Gasteiger partial charge on any atom is 0.325 e. The third-order valence-electron chi connectivity index (χ3n) is 4.90. The van der Waals surface area contributed by atoms with E-state index in [2.05, 4.69) is 28.8 Å². The van der Waals surface area contributed by atoms with Crippen LogP contribution in [0.1, 0.15) is 19.3 Å². The van der Waals surface area contributed by atoms with E-state index >= 15 is 0 Å². The molecule has 1 heterocycles. The minimum absolute atomic E-state index is 0.255. The first-order valence-corrected chi connectivity index (χ1v) is 7.93. The Morgan fingerprint density at radius 3 is 2.57 bits per heavy atom. The molecule has 21 heavy (non-hydrogen) atoms. The molecule has 1 saturated heterocycles. The highest BCUT2D eigenvalue weighted by Gasteiger charge is 2.45. The van der Waals surface area contributed by atoms with Crippen LogP contribution in [0.3, 0.4) is 0 Å². The van der Waals surface area contributed by atoms with Gasteiger partial charge in [0.05, 0.1) is 7.11 Å². The summed E-state index contributed by atoms with van der Waals surface area (Å²) in [7, 11) is 5.65. The van der Waals surface area contributed by atoms with Crippen LogP contribution in [0, 0.1) is 0 Å². The summed E-state index contributed by atoms with van der Waals surface area (Å²) in [6.45, 7) is 6.62. The van der Waals surface area contributed by atoms with Crippen LogP contribution >= 0.6 is 0 Å². The molecule has 0 aromatic carbocycles. The van der Waals surface area contributed by atoms with E-state index in [1.54, 1.807) is 0 Å². The first-order valence-electron chi connectivity index (χ1n) is 7.93. The van der Waals surface area contributed by atoms with Crippen LogP contribution in [0.5, 0.6) is 0 Å². The predicted octanol–water partition coefficient (Wildman–Crippen LogP) is -0.411. The van der Waals surface area contributed by atoms with Gasteiger partial charge in [0, 0.05) is 45.3 Å². The van der Waals surface area contributed by atoms with Gasteiger partial charge in [-0.3, -0.25) is 14.6 Å². The molecule has 0 bridgehead atoms. The van der Waals surface area contributed by atoms with Crippen LogP contribution in [0.2, 0.25) is 0 Å². The summed E-state index contributed by atoms with van der Waals surface area (Å²) < 4.78 is 4.85. The molecule has 2 atom stereocenters. The Morgan fingerprint density at radius 2 is 2.00 bits per heavy atom. The molecule has 2 unspecified atom stereocenters. The summed E-state index contributed by atoms with van der Waals surface area (Å²) in [6.07, 6.45) is 2.48. The molecule has 0 spiro atoms. The van der Waals surface area contributed by atoms with Gasteiger partial charge in [-0.25, -0.2) is 0 Å². The largest absolute Gasteiger partial charge is 0.468 e. The van der Waals surface area contributed by atoms with Crippen molar-refractivity contribution >= 4 is 5.97 Å². The fraction of sp³-hybridized carbons (Fsp3) is 0.933. The molecule has 1 saturated carbocycles. The summed E-state index contributed by atoms with van der Waals surface area (Å²) in [5.41, 5.74) is 5.44. The standard InChI is InChI=1S/C15H30N4O2/c1-17(2)6-7-18-8-10-19(11-9-18)13-4-5-15(16,12-13)14(20)21-3/h13H,4-12,16H2,1-3H3. The quantitative estimate of drug-likeness (QED) is 0.696. The van der Waals surface area contributed by atoms with Gasteiger partial charge >= 0.3 is 5.97 Å². The molecule has 0 amide bonds. The third kappa shape index (κ3) is 4.16. The smallest absolute Gasteiger partial charge is 0.325 e. The highest BCUT2D eigenvalue weighted by Crippen LogP contribution is 2.32. The van der Waals surface area contributed by atoms with Crippen molar-refractivity contribution in [2.24, 2.45) is 5.73 Å². The molecule has 122 valence electrons. The zero-order valence-corrected chi connectivity index (χ0v) is 13.7. The molecule has 0 aromatic heterocycles. The lowest BCUT2D eigenvalue weighted by Crippen LogP contribution is -2.52. The second kappa shape index (κ2) is 7.05. The maximum atomic E-state index is 11.8. The molecule has 2 rings (SSSR count). The second-order valence-electron chi connectivity index (χ2n) is 6.73. The number of carbonyl (C=O) groups is 1. The van der Waals surface area contributed by atoms with Crippen LogP contribution < -0.4 is 5.73 Å². The SMILES string of the molecule is COC(=O)C1(N)CCC(N2CCN(CCN(C)C)CC2)C1. The van der Waals surface area contributed by atoms with Crippen LogP contribution in [-0.4, -0.2) is 92.7 Å². The number of rotatable bonds is 5. The van der Waals surface area contributed by atoms with E-state index in [0.717, 1.165) is 58.5 Å². The zero-order chi connectivity index (χ0) is 15.5. The molecule has 0 aromatic rings. The van der Waals surface area contributed by atoms with Gasteiger partial charge in [-0.15, -0.1) is 0 Å². The Kier molecular flexibility index (Phi) is 5.60. The number of hydrogen-bond acceptors (Lipinski definition) is 6. The number of esters is 1. The highest BCUT2D eigenvalue weighted by atomic mass is 16.5. The number of ether oxygens (including phenoxy) is 1. The molecule has 1 aliphatic heterocycles. The molecule has 0 radical (unpaired) electrons. The lowest BCUT2D eigenvalue weighted by Gasteiger charge is -2.38. The molecule has 2 aliphatic rings. The summed E-state index contributed by atoms with van der Waals surface area (Å²) >= 11 is 0. The van der Waals surface area contributed by atoms with E-state index in [-0.39, 0.29) is 5.97 Å². The van der Waals surface area contributed by atoms with Gasteiger partial charge < -0.3 is 15.4 Å². The van der Waals surface area contributed by atoms with Crippen molar-refractivity contribution < 1.29 is 9.53 Å². The van der Waals surface area contributed by atoms with E-state index in [1.807, 2.05) is 0 Å². The van der Waals surface area contributed by atoms with Crippen molar-refractivity contribution in [1.29, 1.82) is 0 Å². The predicted molar refractivity (Wildman–Crippen MR) is 83.1 cm³/mol. The topological polar surface area (TPSA) is 62.0 Å². The number of likely N-dealkylation sites (N-methyl/N-ethyl adjacent to an activating group) is 1. The van der Waals surface area contributed by atoms with Crippen molar-refractivity contribution in [3.8, 4) is 0 Å². The number of methoxy groups -OCH3 is 1. The van der Waals surface area contributed by atoms with E-state index in [9.17, 15) is 4.79 Å². The molecule has 6 nitrogen and oxygen atoms in total. The van der Waals surface area contributed by atoms with Crippen LogP contribution in [0.4, 0.5) is 0 Å². The summed E-state index contributed by atoms with van der Waals surface area (Å²) in [6, 6.07) is 0.435. The van der Waals surface area contributed by atoms with Gasteiger partial charge in [-0.2, -0.15) is 0 Å². The first-order chi connectivity index (χ1) is 9.94. The molecule has 6 heteroatoms. The third-order valence-corrected chi connectivity index (χ3v) is 4.90. The minimum atomic E-state index is -0.762. The second-order valence-corrected chi connectivity index (χ2v) is 6.73. The van der Waals surface area contributed by atoms with Gasteiger partial charge in [-0.1, -0.05) is 0 Å². The first kappa shape index (κ1) is 16.7. The fourth-order valence-electron chi connectivity index (χ4n) is 3.44. The van der Waals surface area contributed by atoms with Crippen molar-refractivity contribution in [2.45, 2.75) is 30.8 Å². The Balaban J connectivity index is 1.77. The zero-order valence-electron chi connectivity index (χ0n) is 13.7. The molecular formula is C15H30N4O2. The van der Waals surface area contributed by atoms with Gasteiger partial charge in [0.15, 0.2) is 0 Å². The highest BCUT2D eigenvalue weighted by molar-refractivity contribution is 5.81. The van der Waals surface area contributed by atoms with Crippen molar-refractivity contribution in [3.05, 3.63) is 0 Å². The molecule has 1 aliphatic carbocycles. The van der Waals surface area contributed by atoms with Gasteiger partial charge in [-0.05, 0) is 33.4 Å². The van der Waals surface area contributed by atoms with Crippen molar-refractivity contribution in [1.82, 2.24) is 14.7 Å². The van der Waals surface area contributed by atoms with E-state index in [0.29, 0.717) is 6.04 Å². The number of hydrogen-bond donors (Lipinski definition) is 1. The van der Waals surface area contributed by atoms with Crippen LogP contribution in [-0.2, 0) is 9.53 Å². The maximum absolute atomic E-state index is 11.8. The Labute approximate surface area is 128 Å². The van der Waals surface area contributed by atoms with Crippen molar-refractivity contribution in [2.75, 3.05) is 60.5 Å². The lowest BCUT2D eigenvalue weighted by atomic mass is 9.99. The summed E-state index contributed by atoms with van der Waals surface area (Å²) in [5.74, 6) is -0.255. The average molecular weight is 298 g/mol. The van der Waals surface area contributed by atoms with Crippen LogP contribution in [0.15, 0.2) is 0 Å². The Morgan fingerprint density at radius 1 is 1.33 bits per heavy atom. The van der Waals surface area contributed by atoms with E-state index in [4.69, 9.17) is 10.5 Å². The average Bonchev–Trinajstić information content (AvgIpc) is 2.88. The molecule has 2 fully saturated rings. The molecular weight excluding hydrogens is 268 g/mol. The monoisotopic (exact) mass is 298 g/mol. The number of piperazine rings is 1. The molecule has 2 N–H and O–H groups in total. The van der Waals surface area contributed by atoms with Gasteiger partial charge in [0.1, 0.15) is 5.54 Å².